The van der Waals surface area contributed by atoms with E-state index in [0.29, 0.717) is 18.3 Å². The smallest absolute Gasteiger partial charge is 0.0713 e. The van der Waals surface area contributed by atoms with E-state index < -0.39 is 0 Å². The average Bonchev–Trinajstić information content (AvgIpc) is 2.76. The van der Waals surface area contributed by atoms with E-state index in [4.69, 9.17) is 10.5 Å². The van der Waals surface area contributed by atoms with E-state index in [1.54, 1.807) is 0 Å². The van der Waals surface area contributed by atoms with E-state index in [-0.39, 0.29) is 6.61 Å². The van der Waals surface area contributed by atoms with Crippen LogP contribution in [0.25, 0.3) is 0 Å². The van der Waals surface area contributed by atoms with Crippen molar-refractivity contribution in [3.63, 3.8) is 0 Å². The largest absolute Gasteiger partial charge is 0.397 e. The second kappa shape index (κ2) is 5.03. The van der Waals surface area contributed by atoms with Crippen molar-refractivity contribution >= 4 is 27.3 Å². The van der Waals surface area contributed by atoms with Crippen LogP contribution in [0.5, 0.6) is 0 Å². The van der Waals surface area contributed by atoms with E-state index in [9.17, 15) is 5.11 Å². The zero-order valence-corrected chi connectivity index (χ0v) is 10.5. The SMILES string of the molecule is Nc1c(NC2CCOC2)ccc(Br)c1CO. The van der Waals surface area contributed by atoms with Crippen molar-refractivity contribution in [3.8, 4) is 0 Å². The summed E-state index contributed by atoms with van der Waals surface area (Å²) < 4.78 is 6.12. The van der Waals surface area contributed by atoms with Gasteiger partial charge in [-0.25, -0.2) is 0 Å². The molecule has 1 heterocycles. The lowest BCUT2D eigenvalue weighted by atomic mass is 10.1. The third-order valence-corrected chi connectivity index (χ3v) is 3.49. The summed E-state index contributed by atoms with van der Waals surface area (Å²) in [7, 11) is 0. The first kappa shape index (κ1) is 11.7. The van der Waals surface area contributed by atoms with E-state index >= 15 is 0 Å². The Hall–Kier alpha value is -0.780. The van der Waals surface area contributed by atoms with Gasteiger partial charge in [0.1, 0.15) is 0 Å². The third kappa shape index (κ3) is 2.31. The molecule has 1 aliphatic heterocycles. The van der Waals surface area contributed by atoms with Gasteiger partial charge in [0.15, 0.2) is 0 Å². The van der Waals surface area contributed by atoms with Gasteiger partial charge in [0.25, 0.3) is 0 Å². The third-order valence-electron chi connectivity index (χ3n) is 2.75. The quantitative estimate of drug-likeness (QED) is 0.741. The minimum atomic E-state index is -0.0664. The summed E-state index contributed by atoms with van der Waals surface area (Å²) in [5.41, 5.74) is 8.17. The van der Waals surface area contributed by atoms with Gasteiger partial charge in [-0.05, 0) is 18.6 Å². The number of ether oxygens (including phenoxy) is 1. The fourth-order valence-electron chi connectivity index (χ4n) is 1.79. The lowest BCUT2D eigenvalue weighted by molar-refractivity contribution is 0.195. The molecule has 1 unspecified atom stereocenters. The zero-order valence-electron chi connectivity index (χ0n) is 8.87. The van der Waals surface area contributed by atoms with Crippen molar-refractivity contribution in [1.29, 1.82) is 0 Å². The molecule has 16 heavy (non-hydrogen) atoms. The predicted octanol–water partition coefficient (Wildman–Crippen LogP) is 1.72. The second-order valence-electron chi connectivity index (χ2n) is 3.85. The molecule has 1 aromatic rings. The van der Waals surface area contributed by atoms with Crippen molar-refractivity contribution in [2.45, 2.75) is 19.1 Å². The van der Waals surface area contributed by atoms with Gasteiger partial charge in [-0.1, -0.05) is 15.9 Å². The molecule has 1 aromatic carbocycles. The molecule has 0 bridgehead atoms. The molecule has 1 saturated heterocycles. The number of aliphatic hydroxyl groups is 1. The Labute approximate surface area is 103 Å². The lowest BCUT2D eigenvalue weighted by Crippen LogP contribution is -2.20. The van der Waals surface area contributed by atoms with Crippen LogP contribution >= 0.6 is 15.9 Å². The number of nitrogen functional groups attached to an aromatic ring is 1. The van der Waals surface area contributed by atoms with E-state index in [0.717, 1.165) is 28.8 Å². The molecule has 0 saturated carbocycles. The highest BCUT2D eigenvalue weighted by Crippen LogP contribution is 2.30. The first-order valence-electron chi connectivity index (χ1n) is 5.24. The molecule has 1 fully saturated rings. The summed E-state index contributed by atoms with van der Waals surface area (Å²) in [5, 5.41) is 12.6. The summed E-state index contributed by atoms with van der Waals surface area (Å²) in [6, 6.07) is 4.12. The molecular formula is C11H15BrN2O2. The normalized spacial score (nSPS) is 20.0. The lowest BCUT2D eigenvalue weighted by Gasteiger charge is -2.16. The van der Waals surface area contributed by atoms with Gasteiger partial charge in [-0.15, -0.1) is 0 Å². The van der Waals surface area contributed by atoms with Gasteiger partial charge < -0.3 is 20.9 Å². The summed E-state index contributed by atoms with van der Waals surface area (Å²) in [6.45, 7) is 1.44. The maximum Gasteiger partial charge on any atom is 0.0713 e. The minimum absolute atomic E-state index is 0.0664. The van der Waals surface area contributed by atoms with Crippen LogP contribution in [0.1, 0.15) is 12.0 Å². The molecule has 0 aromatic heterocycles. The van der Waals surface area contributed by atoms with E-state index in [1.165, 1.54) is 0 Å². The van der Waals surface area contributed by atoms with Crippen LogP contribution in [-0.4, -0.2) is 24.4 Å². The topological polar surface area (TPSA) is 67.5 Å². The number of halogens is 1. The second-order valence-corrected chi connectivity index (χ2v) is 4.70. The van der Waals surface area contributed by atoms with Gasteiger partial charge in [0.2, 0.25) is 0 Å². The van der Waals surface area contributed by atoms with Crippen LogP contribution in [0.3, 0.4) is 0 Å². The number of rotatable bonds is 3. The van der Waals surface area contributed by atoms with Crippen LogP contribution in [0.15, 0.2) is 16.6 Å². The first-order valence-corrected chi connectivity index (χ1v) is 6.03. The zero-order chi connectivity index (χ0) is 11.5. The molecule has 0 radical (unpaired) electrons. The number of anilines is 2. The summed E-state index contributed by atoms with van der Waals surface area (Å²) in [6.07, 6.45) is 0.990. The molecule has 2 rings (SSSR count). The van der Waals surface area contributed by atoms with Crippen LogP contribution in [0.2, 0.25) is 0 Å². The Morgan fingerprint density at radius 3 is 3.00 bits per heavy atom. The Kier molecular flexibility index (Phi) is 3.68. The Morgan fingerprint density at radius 1 is 1.56 bits per heavy atom. The number of nitrogens with two attached hydrogens (primary N) is 1. The highest BCUT2D eigenvalue weighted by molar-refractivity contribution is 9.10. The van der Waals surface area contributed by atoms with Crippen molar-refractivity contribution in [1.82, 2.24) is 0 Å². The number of nitrogens with one attached hydrogen (secondary N) is 1. The standard InChI is InChI=1S/C11H15BrN2O2/c12-9-1-2-10(11(13)8(9)5-15)14-7-3-4-16-6-7/h1-2,7,14-15H,3-6,13H2. The fraction of sp³-hybridized carbons (Fsp3) is 0.455. The van der Waals surface area contributed by atoms with Crippen molar-refractivity contribution in [2.24, 2.45) is 0 Å². The van der Waals surface area contributed by atoms with Crippen molar-refractivity contribution < 1.29 is 9.84 Å². The summed E-state index contributed by atoms with van der Waals surface area (Å²) >= 11 is 3.36. The molecule has 5 heteroatoms. The summed E-state index contributed by atoms with van der Waals surface area (Å²) in [5.74, 6) is 0. The molecule has 1 atom stereocenters. The molecule has 88 valence electrons. The van der Waals surface area contributed by atoms with Gasteiger partial charge in [-0.3, -0.25) is 0 Å². The molecule has 0 aliphatic carbocycles. The van der Waals surface area contributed by atoms with E-state index in [1.807, 2.05) is 12.1 Å². The fourth-order valence-corrected chi connectivity index (χ4v) is 2.26. The average molecular weight is 287 g/mol. The number of hydrogen-bond donors (Lipinski definition) is 3. The van der Waals surface area contributed by atoms with E-state index in [2.05, 4.69) is 21.2 Å². The molecule has 0 spiro atoms. The van der Waals surface area contributed by atoms with Crippen LogP contribution in [0, 0.1) is 0 Å². The first-order chi connectivity index (χ1) is 7.72. The van der Waals surface area contributed by atoms with Crippen LogP contribution in [0.4, 0.5) is 11.4 Å². The Bertz CT molecular complexity index is 378. The number of benzene rings is 1. The highest BCUT2D eigenvalue weighted by Gasteiger charge is 2.17. The monoisotopic (exact) mass is 286 g/mol. The Balaban J connectivity index is 2.20. The minimum Gasteiger partial charge on any atom is -0.397 e. The van der Waals surface area contributed by atoms with Crippen LogP contribution in [-0.2, 0) is 11.3 Å². The van der Waals surface area contributed by atoms with Gasteiger partial charge in [-0.2, -0.15) is 0 Å². The molecular weight excluding hydrogens is 272 g/mol. The van der Waals surface area contributed by atoms with Crippen molar-refractivity contribution in [2.75, 3.05) is 24.3 Å². The van der Waals surface area contributed by atoms with Crippen molar-refractivity contribution in [3.05, 3.63) is 22.2 Å². The number of aliphatic hydroxyl groups excluding tert-OH is 1. The molecule has 4 nitrogen and oxygen atoms in total. The maximum atomic E-state index is 9.22. The Morgan fingerprint density at radius 2 is 2.38 bits per heavy atom. The molecule has 4 N–H and O–H groups in total. The molecule has 1 aliphatic rings. The molecule has 0 amide bonds. The highest BCUT2D eigenvalue weighted by atomic mass is 79.9. The number of hydrogen-bond acceptors (Lipinski definition) is 4. The van der Waals surface area contributed by atoms with Gasteiger partial charge in [0, 0.05) is 16.6 Å². The predicted molar refractivity (Wildman–Crippen MR) is 67.3 cm³/mol. The van der Waals surface area contributed by atoms with Gasteiger partial charge >= 0.3 is 0 Å². The maximum absolute atomic E-state index is 9.22. The van der Waals surface area contributed by atoms with Crippen LogP contribution < -0.4 is 11.1 Å². The van der Waals surface area contributed by atoms with Gasteiger partial charge in [0.05, 0.1) is 30.6 Å². The summed E-state index contributed by atoms with van der Waals surface area (Å²) in [4.78, 5) is 0.